The van der Waals surface area contributed by atoms with E-state index >= 15 is 0 Å². The molecule has 3 aliphatic heterocycles. The fraction of sp³-hybridized carbons (Fsp3) is 0.571. The van der Waals surface area contributed by atoms with E-state index in [1.165, 1.54) is 0 Å². The molecule has 21 heavy (non-hydrogen) atoms. The lowest BCUT2D eigenvalue weighted by Gasteiger charge is -2.24. The Balaban J connectivity index is 0.00000132. The van der Waals surface area contributed by atoms with Gasteiger partial charge in [-0.15, -0.1) is 12.4 Å². The molecule has 4 rings (SSSR count). The van der Waals surface area contributed by atoms with E-state index < -0.39 is 10.0 Å². The van der Waals surface area contributed by atoms with Gasteiger partial charge in [0.15, 0.2) is 0 Å². The summed E-state index contributed by atoms with van der Waals surface area (Å²) in [4.78, 5) is 0.329. The zero-order valence-electron chi connectivity index (χ0n) is 11.4. The van der Waals surface area contributed by atoms with E-state index in [1.54, 1.807) is 28.6 Å². The van der Waals surface area contributed by atoms with Crippen LogP contribution in [0.3, 0.4) is 0 Å². The van der Waals surface area contributed by atoms with Crippen LogP contribution >= 0.6 is 24.0 Å². The molecule has 0 spiro atoms. The number of hydrogen-bond acceptors (Lipinski definition) is 3. The van der Waals surface area contributed by atoms with Gasteiger partial charge < -0.3 is 5.32 Å². The Bertz CT molecular complexity index is 634. The van der Waals surface area contributed by atoms with Crippen LogP contribution in [0, 0.1) is 11.8 Å². The van der Waals surface area contributed by atoms with E-state index in [1.807, 2.05) is 0 Å². The van der Waals surface area contributed by atoms with Gasteiger partial charge in [0.05, 0.1) is 4.90 Å². The molecular formula is C14H18Cl2N2O2S. The average Bonchev–Trinajstić information content (AvgIpc) is 3.10. The highest BCUT2D eigenvalue weighted by molar-refractivity contribution is 7.89. The molecular weight excluding hydrogens is 331 g/mol. The van der Waals surface area contributed by atoms with Crippen molar-refractivity contribution in [3.63, 3.8) is 0 Å². The van der Waals surface area contributed by atoms with Gasteiger partial charge >= 0.3 is 0 Å². The van der Waals surface area contributed by atoms with Crippen molar-refractivity contribution in [1.82, 2.24) is 9.62 Å². The number of hydrogen-bond donors (Lipinski definition) is 1. The van der Waals surface area contributed by atoms with E-state index in [4.69, 9.17) is 11.6 Å². The molecule has 7 heteroatoms. The first kappa shape index (κ1) is 15.6. The van der Waals surface area contributed by atoms with Crippen LogP contribution in [0.1, 0.15) is 12.8 Å². The molecule has 3 fully saturated rings. The maximum Gasteiger partial charge on any atom is 0.243 e. The first-order valence-corrected chi connectivity index (χ1v) is 8.90. The molecule has 1 aromatic rings. The van der Waals surface area contributed by atoms with Crippen LogP contribution in [0.15, 0.2) is 29.2 Å². The van der Waals surface area contributed by atoms with Crippen molar-refractivity contribution in [3.05, 3.63) is 29.3 Å². The molecule has 0 saturated carbocycles. The second-order valence-corrected chi connectivity index (χ2v) is 8.27. The van der Waals surface area contributed by atoms with E-state index in [-0.39, 0.29) is 24.5 Å². The zero-order chi connectivity index (χ0) is 13.9. The highest BCUT2D eigenvalue weighted by Crippen LogP contribution is 2.49. The van der Waals surface area contributed by atoms with Gasteiger partial charge in [-0.05, 0) is 56.0 Å². The summed E-state index contributed by atoms with van der Waals surface area (Å²) in [5.74, 6) is 0.977. The first-order valence-electron chi connectivity index (χ1n) is 7.09. The van der Waals surface area contributed by atoms with Crippen LogP contribution < -0.4 is 5.32 Å². The molecule has 0 unspecified atom stereocenters. The Morgan fingerprint density at radius 3 is 2.33 bits per heavy atom. The van der Waals surface area contributed by atoms with Gasteiger partial charge in [0.25, 0.3) is 0 Å². The SMILES string of the molecule is Cl.O=S(=O)(c1cccc(Cl)c1)N1[C@@H]2CC[C@H]1[C@H]1CNC[C@H]12. The molecule has 4 nitrogen and oxygen atoms in total. The Morgan fingerprint density at radius 2 is 1.76 bits per heavy atom. The van der Waals surface area contributed by atoms with E-state index in [0.717, 1.165) is 25.9 Å². The highest BCUT2D eigenvalue weighted by atomic mass is 35.5. The van der Waals surface area contributed by atoms with Gasteiger partial charge in [-0.25, -0.2) is 8.42 Å². The number of sulfonamides is 1. The van der Waals surface area contributed by atoms with Crippen LogP contribution in [0.4, 0.5) is 0 Å². The Kier molecular flexibility index (Phi) is 3.99. The molecule has 3 saturated heterocycles. The minimum atomic E-state index is -3.42. The topological polar surface area (TPSA) is 49.4 Å². The molecule has 1 aromatic carbocycles. The van der Waals surface area contributed by atoms with E-state index in [2.05, 4.69) is 5.32 Å². The maximum atomic E-state index is 12.9. The Labute approximate surface area is 136 Å². The fourth-order valence-electron chi connectivity index (χ4n) is 4.32. The first-order chi connectivity index (χ1) is 9.59. The molecule has 0 aliphatic carbocycles. The largest absolute Gasteiger partial charge is 0.316 e. The van der Waals surface area contributed by atoms with Crippen molar-refractivity contribution in [1.29, 1.82) is 0 Å². The minimum absolute atomic E-state index is 0. The molecule has 1 N–H and O–H groups in total. The predicted molar refractivity (Wildman–Crippen MR) is 84.4 cm³/mol. The van der Waals surface area contributed by atoms with Crippen molar-refractivity contribution >= 4 is 34.0 Å². The number of rotatable bonds is 2. The third-order valence-electron chi connectivity index (χ3n) is 5.08. The molecule has 3 aliphatic rings. The Hall–Kier alpha value is -0.330. The third kappa shape index (κ3) is 2.21. The molecule has 4 atom stereocenters. The lowest BCUT2D eigenvalue weighted by atomic mass is 9.82. The number of nitrogens with one attached hydrogen (secondary N) is 1. The summed E-state index contributed by atoms with van der Waals surface area (Å²) in [6.45, 7) is 1.90. The summed E-state index contributed by atoms with van der Waals surface area (Å²) in [5.41, 5.74) is 0. The molecule has 2 bridgehead atoms. The van der Waals surface area contributed by atoms with Gasteiger partial charge in [-0.1, -0.05) is 17.7 Å². The van der Waals surface area contributed by atoms with Crippen LogP contribution in [0.25, 0.3) is 0 Å². The van der Waals surface area contributed by atoms with Gasteiger partial charge in [-0.2, -0.15) is 4.31 Å². The van der Waals surface area contributed by atoms with Crippen molar-refractivity contribution in [2.45, 2.75) is 29.8 Å². The molecule has 0 amide bonds. The van der Waals surface area contributed by atoms with Crippen molar-refractivity contribution in [3.8, 4) is 0 Å². The minimum Gasteiger partial charge on any atom is -0.316 e. The standard InChI is InChI=1S/C14H17ClN2O2S.ClH/c15-9-2-1-3-10(6-9)20(18,19)17-13-4-5-14(17)12-8-16-7-11(12)13;/h1-3,6,11-14,16H,4-5,7-8H2;1H/t11-,12+,13-,14+;. The number of benzene rings is 1. The summed E-state index contributed by atoms with van der Waals surface area (Å²) in [6, 6.07) is 6.95. The molecule has 3 heterocycles. The van der Waals surface area contributed by atoms with Crippen LogP contribution in [-0.4, -0.2) is 37.9 Å². The van der Waals surface area contributed by atoms with Crippen LogP contribution in [-0.2, 0) is 10.0 Å². The van der Waals surface area contributed by atoms with Crippen molar-refractivity contribution < 1.29 is 8.42 Å². The van der Waals surface area contributed by atoms with Gasteiger partial charge in [-0.3, -0.25) is 0 Å². The Morgan fingerprint density at radius 1 is 1.14 bits per heavy atom. The van der Waals surface area contributed by atoms with E-state index in [9.17, 15) is 8.42 Å². The van der Waals surface area contributed by atoms with Gasteiger partial charge in [0, 0.05) is 17.1 Å². The molecule has 0 aromatic heterocycles. The zero-order valence-corrected chi connectivity index (χ0v) is 13.8. The van der Waals surface area contributed by atoms with Crippen molar-refractivity contribution in [2.24, 2.45) is 11.8 Å². The third-order valence-corrected chi connectivity index (χ3v) is 7.26. The summed E-state index contributed by atoms with van der Waals surface area (Å²) >= 11 is 5.95. The van der Waals surface area contributed by atoms with Gasteiger partial charge in [0.1, 0.15) is 0 Å². The lowest BCUT2D eigenvalue weighted by molar-refractivity contribution is 0.354. The summed E-state index contributed by atoms with van der Waals surface area (Å²) in [6.07, 6.45) is 1.99. The smallest absolute Gasteiger partial charge is 0.243 e. The van der Waals surface area contributed by atoms with Gasteiger partial charge in [0.2, 0.25) is 10.0 Å². The van der Waals surface area contributed by atoms with Crippen LogP contribution in [0.5, 0.6) is 0 Å². The maximum absolute atomic E-state index is 12.9. The fourth-order valence-corrected chi connectivity index (χ4v) is 6.58. The van der Waals surface area contributed by atoms with Crippen molar-refractivity contribution in [2.75, 3.05) is 13.1 Å². The quantitative estimate of drug-likeness (QED) is 0.890. The van der Waals surface area contributed by atoms with E-state index in [0.29, 0.717) is 21.8 Å². The van der Waals surface area contributed by atoms with Crippen LogP contribution in [0.2, 0.25) is 5.02 Å². The second-order valence-electron chi connectivity index (χ2n) is 5.99. The highest BCUT2D eigenvalue weighted by Gasteiger charge is 2.58. The normalized spacial score (nSPS) is 34.7. The summed E-state index contributed by atoms with van der Waals surface area (Å²) in [5, 5.41) is 3.88. The molecule has 0 radical (unpaired) electrons. The number of nitrogens with zero attached hydrogens (tertiary/aromatic N) is 1. The average molecular weight is 349 g/mol. The summed E-state index contributed by atoms with van der Waals surface area (Å²) in [7, 11) is -3.42. The second kappa shape index (κ2) is 5.39. The predicted octanol–water partition coefficient (Wildman–Crippen LogP) is 2.13. The monoisotopic (exact) mass is 348 g/mol. The number of halogens is 2. The number of fused-ring (bicyclic) bond motifs is 5. The lowest BCUT2D eigenvalue weighted by Crippen LogP contribution is -2.39. The summed E-state index contributed by atoms with van der Waals surface area (Å²) < 4.78 is 27.6. The molecule has 116 valence electrons.